The van der Waals surface area contributed by atoms with Crippen LogP contribution < -0.4 is 10.5 Å². The third kappa shape index (κ3) is 3.82. The number of anilines is 1. The highest BCUT2D eigenvalue weighted by Crippen LogP contribution is 2.28. The fourth-order valence-electron chi connectivity index (χ4n) is 4.31. The van der Waals surface area contributed by atoms with E-state index in [9.17, 15) is 4.79 Å². The molecule has 4 heterocycles. The number of hydrogen-bond acceptors (Lipinski definition) is 7. The van der Waals surface area contributed by atoms with E-state index in [4.69, 9.17) is 0 Å². The van der Waals surface area contributed by atoms with Gasteiger partial charge in [-0.25, -0.2) is 14.6 Å². The van der Waals surface area contributed by atoms with E-state index in [1.165, 1.54) is 17.7 Å². The van der Waals surface area contributed by atoms with Gasteiger partial charge in [0.25, 0.3) is 5.56 Å². The molecule has 0 saturated carbocycles. The second-order valence-electron chi connectivity index (χ2n) is 7.83. The van der Waals surface area contributed by atoms with Gasteiger partial charge in [0.2, 0.25) is 0 Å². The summed E-state index contributed by atoms with van der Waals surface area (Å²) in [6, 6.07) is 7.17. The van der Waals surface area contributed by atoms with Gasteiger partial charge in [-0.15, -0.1) is 0 Å². The minimum Gasteiger partial charge on any atom is -0.354 e. The summed E-state index contributed by atoms with van der Waals surface area (Å²) in [5.41, 5.74) is 4.18. The zero-order valence-electron chi connectivity index (χ0n) is 16.9. The predicted molar refractivity (Wildman–Crippen MR) is 114 cm³/mol. The van der Waals surface area contributed by atoms with E-state index in [1.54, 1.807) is 35.5 Å². The predicted octanol–water partition coefficient (Wildman–Crippen LogP) is 1.41. The zero-order chi connectivity index (χ0) is 20.3. The largest absolute Gasteiger partial charge is 0.354 e. The highest BCUT2D eigenvalue weighted by molar-refractivity contribution is 5.56. The molecule has 0 amide bonds. The lowest BCUT2D eigenvalue weighted by atomic mass is 10.2. The Labute approximate surface area is 175 Å². The molecule has 5 rings (SSSR count). The van der Waals surface area contributed by atoms with Crippen molar-refractivity contribution in [2.24, 2.45) is 0 Å². The van der Waals surface area contributed by atoms with E-state index in [2.05, 4.69) is 29.9 Å². The van der Waals surface area contributed by atoms with Crippen molar-refractivity contribution in [1.82, 2.24) is 29.6 Å². The summed E-state index contributed by atoms with van der Waals surface area (Å²) >= 11 is 0. The van der Waals surface area contributed by atoms with Crippen molar-refractivity contribution < 1.29 is 0 Å². The third-order valence-corrected chi connectivity index (χ3v) is 5.98. The van der Waals surface area contributed by atoms with Crippen LogP contribution in [0.25, 0.3) is 11.3 Å². The van der Waals surface area contributed by atoms with Crippen LogP contribution in [0.4, 0.5) is 5.82 Å². The summed E-state index contributed by atoms with van der Waals surface area (Å²) in [7, 11) is 0. The molecule has 8 nitrogen and oxygen atoms in total. The first-order valence-electron chi connectivity index (χ1n) is 10.6. The van der Waals surface area contributed by atoms with Gasteiger partial charge in [-0.3, -0.25) is 14.7 Å². The first-order valence-corrected chi connectivity index (χ1v) is 10.6. The Morgan fingerprint density at radius 1 is 0.967 bits per heavy atom. The molecular formula is C22H25N7O. The van der Waals surface area contributed by atoms with Gasteiger partial charge in [0.1, 0.15) is 12.1 Å². The fourth-order valence-corrected chi connectivity index (χ4v) is 4.31. The molecule has 0 bridgehead atoms. The Morgan fingerprint density at radius 3 is 2.70 bits per heavy atom. The molecule has 0 aromatic carbocycles. The number of piperazine rings is 1. The maximum Gasteiger partial charge on any atom is 0.266 e. The molecule has 0 atom stereocenters. The minimum absolute atomic E-state index is 0.0715. The molecule has 1 saturated heterocycles. The van der Waals surface area contributed by atoms with Gasteiger partial charge in [-0.2, -0.15) is 5.10 Å². The molecule has 0 N–H and O–H groups in total. The lowest BCUT2D eigenvalue weighted by molar-refractivity contribution is 0.242. The van der Waals surface area contributed by atoms with Gasteiger partial charge in [-0.1, -0.05) is 0 Å². The van der Waals surface area contributed by atoms with E-state index >= 15 is 0 Å². The second-order valence-corrected chi connectivity index (χ2v) is 7.83. The van der Waals surface area contributed by atoms with Crippen molar-refractivity contribution in [3.8, 4) is 11.3 Å². The van der Waals surface area contributed by atoms with Gasteiger partial charge < -0.3 is 4.90 Å². The average molecular weight is 403 g/mol. The van der Waals surface area contributed by atoms with Gasteiger partial charge in [0.05, 0.1) is 12.2 Å². The molecule has 8 heteroatoms. The molecule has 30 heavy (non-hydrogen) atoms. The van der Waals surface area contributed by atoms with Crippen LogP contribution in [-0.4, -0.2) is 62.4 Å². The SMILES string of the molecule is O=c1ccc(-c2cccnc2)nn1CCN1CCN(c2ncnc3c2CCC3)CC1. The Bertz CT molecular complexity index is 1070. The summed E-state index contributed by atoms with van der Waals surface area (Å²) in [4.78, 5) is 30.2. The number of nitrogens with zero attached hydrogens (tertiary/aromatic N) is 7. The normalized spacial score (nSPS) is 16.6. The molecular weight excluding hydrogens is 378 g/mol. The standard InChI is InChI=1S/C22H25N7O/c30-21-7-6-19(17-3-2-8-23-15-17)26-29(21)14-11-27-9-12-28(13-10-27)22-18-4-1-5-20(18)24-16-25-22/h2-3,6-8,15-16H,1,4-5,9-14H2. The number of rotatable bonds is 5. The van der Waals surface area contributed by atoms with Crippen molar-refractivity contribution in [1.29, 1.82) is 0 Å². The van der Waals surface area contributed by atoms with E-state index in [-0.39, 0.29) is 5.56 Å². The third-order valence-electron chi connectivity index (χ3n) is 5.98. The highest BCUT2D eigenvalue weighted by atomic mass is 16.1. The average Bonchev–Trinajstić information content (AvgIpc) is 3.29. The van der Waals surface area contributed by atoms with Crippen LogP contribution in [0.3, 0.4) is 0 Å². The molecule has 1 fully saturated rings. The van der Waals surface area contributed by atoms with Crippen LogP contribution in [0.1, 0.15) is 17.7 Å². The summed E-state index contributed by atoms with van der Waals surface area (Å²) in [6.45, 7) is 5.18. The zero-order valence-corrected chi connectivity index (χ0v) is 16.9. The Hall–Kier alpha value is -3.13. The number of pyridine rings is 1. The lowest BCUT2D eigenvalue weighted by Gasteiger charge is -2.36. The van der Waals surface area contributed by atoms with Crippen LogP contribution in [0.15, 0.2) is 47.8 Å². The van der Waals surface area contributed by atoms with Crippen molar-refractivity contribution in [3.05, 3.63) is 64.6 Å². The van der Waals surface area contributed by atoms with Gasteiger partial charge >= 0.3 is 0 Å². The number of aryl methyl sites for hydroxylation is 1. The first kappa shape index (κ1) is 18.9. The van der Waals surface area contributed by atoms with Crippen molar-refractivity contribution in [2.45, 2.75) is 25.8 Å². The monoisotopic (exact) mass is 403 g/mol. The van der Waals surface area contributed by atoms with E-state index in [0.29, 0.717) is 6.54 Å². The summed E-state index contributed by atoms with van der Waals surface area (Å²) in [5.74, 6) is 1.12. The van der Waals surface area contributed by atoms with Crippen LogP contribution in [0.5, 0.6) is 0 Å². The van der Waals surface area contributed by atoms with Crippen molar-refractivity contribution in [2.75, 3.05) is 37.6 Å². The van der Waals surface area contributed by atoms with Crippen molar-refractivity contribution >= 4 is 5.82 Å². The van der Waals surface area contributed by atoms with Crippen LogP contribution in [0, 0.1) is 0 Å². The van der Waals surface area contributed by atoms with Gasteiger partial charge in [0, 0.05) is 68.0 Å². The molecule has 0 unspecified atom stereocenters. The van der Waals surface area contributed by atoms with Gasteiger partial charge in [0.15, 0.2) is 0 Å². The number of hydrogen-bond donors (Lipinski definition) is 0. The van der Waals surface area contributed by atoms with Crippen LogP contribution in [0.2, 0.25) is 0 Å². The molecule has 1 aliphatic heterocycles. The quantitative estimate of drug-likeness (QED) is 0.637. The van der Waals surface area contributed by atoms with Crippen LogP contribution >= 0.6 is 0 Å². The first-order chi connectivity index (χ1) is 14.8. The van der Waals surface area contributed by atoms with Gasteiger partial charge in [-0.05, 0) is 37.5 Å². The molecule has 1 aliphatic carbocycles. The summed E-state index contributed by atoms with van der Waals surface area (Å²) in [5, 5.41) is 4.54. The van der Waals surface area contributed by atoms with Crippen molar-refractivity contribution in [3.63, 3.8) is 0 Å². The Morgan fingerprint density at radius 2 is 1.87 bits per heavy atom. The smallest absolute Gasteiger partial charge is 0.266 e. The lowest BCUT2D eigenvalue weighted by Crippen LogP contribution is -2.48. The molecule has 154 valence electrons. The molecule has 3 aromatic heterocycles. The maximum absolute atomic E-state index is 12.3. The highest BCUT2D eigenvalue weighted by Gasteiger charge is 2.24. The minimum atomic E-state index is -0.0715. The maximum atomic E-state index is 12.3. The van der Waals surface area contributed by atoms with E-state index < -0.39 is 0 Å². The molecule has 2 aliphatic rings. The molecule has 3 aromatic rings. The van der Waals surface area contributed by atoms with E-state index in [0.717, 1.165) is 62.6 Å². The molecule has 0 spiro atoms. The number of fused-ring (bicyclic) bond motifs is 1. The summed E-state index contributed by atoms with van der Waals surface area (Å²) < 4.78 is 1.56. The Balaban J connectivity index is 1.21. The van der Waals surface area contributed by atoms with Crippen LogP contribution in [-0.2, 0) is 19.4 Å². The Kier molecular flexibility index (Phi) is 5.23. The topological polar surface area (TPSA) is 80.0 Å². The number of aromatic nitrogens is 5. The summed E-state index contributed by atoms with van der Waals surface area (Å²) in [6.07, 6.45) is 8.55. The second kappa shape index (κ2) is 8.31. The molecule has 0 radical (unpaired) electrons. The fraction of sp³-hybridized carbons (Fsp3) is 0.409. The van der Waals surface area contributed by atoms with E-state index in [1.807, 2.05) is 12.1 Å².